The van der Waals surface area contributed by atoms with Crippen molar-refractivity contribution in [1.29, 1.82) is 0 Å². The molecule has 2 rings (SSSR count). The Morgan fingerprint density at radius 1 is 1.40 bits per heavy atom. The predicted octanol–water partition coefficient (Wildman–Crippen LogP) is 1.22. The molecule has 0 radical (unpaired) electrons. The quantitative estimate of drug-likeness (QED) is 0.751. The summed E-state index contributed by atoms with van der Waals surface area (Å²) in [5.74, 6) is 0.572. The molecule has 2 N–H and O–H groups in total. The molecule has 1 saturated heterocycles. The van der Waals surface area contributed by atoms with Gasteiger partial charge in [-0.15, -0.1) is 0 Å². The fourth-order valence-electron chi connectivity index (χ4n) is 1.61. The van der Waals surface area contributed by atoms with Crippen molar-refractivity contribution < 1.29 is 9.53 Å². The largest absolute Gasteiger partial charge is 0.415 e. The summed E-state index contributed by atoms with van der Waals surface area (Å²) in [6.45, 7) is 1.28. The molecule has 4 nitrogen and oxygen atoms in total. The second kappa shape index (κ2) is 4.31. The molecule has 0 aliphatic carbocycles. The summed E-state index contributed by atoms with van der Waals surface area (Å²) in [6, 6.07) is 9.15. The summed E-state index contributed by atoms with van der Waals surface area (Å²) < 4.78 is 5.18. The van der Waals surface area contributed by atoms with Gasteiger partial charge in [0, 0.05) is 19.1 Å². The highest BCUT2D eigenvalue weighted by Gasteiger charge is 2.24. The lowest BCUT2D eigenvalue weighted by molar-refractivity contribution is 0.162. The zero-order valence-electron chi connectivity index (χ0n) is 8.43. The number of hydrogen-bond acceptors (Lipinski definition) is 3. The van der Waals surface area contributed by atoms with Crippen molar-refractivity contribution in [1.82, 2.24) is 4.90 Å². The number of rotatable bonds is 1. The number of benzene rings is 1. The van der Waals surface area contributed by atoms with Crippen LogP contribution in [-0.4, -0.2) is 30.1 Å². The molecule has 0 unspecified atom stereocenters. The van der Waals surface area contributed by atoms with E-state index in [0.29, 0.717) is 18.8 Å². The smallest absolute Gasteiger partial charge is 0.410 e. The molecule has 1 aliphatic heterocycles. The van der Waals surface area contributed by atoms with Gasteiger partial charge in [-0.05, 0) is 18.6 Å². The van der Waals surface area contributed by atoms with Gasteiger partial charge >= 0.3 is 6.09 Å². The van der Waals surface area contributed by atoms with Crippen molar-refractivity contribution in [3.05, 3.63) is 30.3 Å². The van der Waals surface area contributed by atoms with Gasteiger partial charge in [-0.1, -0.05) is 18.2 Å². The van der Waals surface area contributed by atoms with Crippen LogP contribution in [0.25, 0.3) is 0 Å². The zero-order valence-corrected chi connectivity index (χ0v) is 8.43. The summed E-state index contributed by atoms with van der Waals surface area (Å²) in [5.41, 5.74) is 5.71. The molecule has 0 aromatic heterocycles. The van der Waals surface area contributed by atoms with Crippen LogP contribution in [0, 0.1) is 0 Å². The van der Waals surface area contributed by atoms with Gasteiger partial charge in [0.25, 0.3) is 0 Å². The first-order chi connectivity index (χ1) is 7.25. The van der Waals surface area contributed by atoms with Crippen LogP contribution in [-0.2, 0) is 0 Å². The number of hydrogen-bond donors (Lipinski definition) is 1. The Morgan fingerprint density at radius 2 is 2.13 bits per heavy atom. The Kier molecular flexibility index (Phi) is 2.87. The van der Waals surface area contributed by atoms with Gasteiger partial charge < -0.3 is 15.4 Å². The van der Waals surface area contributed by atoms with E-state index >= 15 is 0 Å². The summed E-state index contributed by atoms with van der Waals surface area (Å²) in [4.78, 5) is 13.2. The Bertz CT molecular complexity index is 340. The van der Waals surface area contributed by atoms with Crippen LogP contribution in [0.1, 0.15) is 6.42 Å². The van der Waals surface area contributed by atoms with Gasteiger partial charge in [0.2, 0.25) is 0 Å². The summed E-state index contributed by atoms with van der Waals surface area (Å²) in [7, 11) is 0. The fraction of sp³-hybridized carbons (Fsp3) is 0.364. The summed E-state index contributed by atoms with van der Waals surface area (Å²) >= 11 is 0. The van der Waals surface area contributed by atoms with Gasteiger partial charge in [0.15, 0.2) is 0 Å². The number of ether oxygens (including phenoxy) is 1. The van der Waals surface area contributed by atoms with Gasteiger partial charge in [-0.2, -0.15) is 0 Å². The average molecular weight is 206 g/mol. The highest BCUT2D eigenvalue weighted by molar-refractivity contribution is 5.71. The topological polar surface area (TPSA) is 55.6 Å². The van der Waals surface area contributed by atoms with Crippen molar-refractivity contribution in [2.75, 3.05) is 13.1 Å². The van der Waals surface area contributed by atoms with Crippen molar-refractivity contribution in [2.24, 2.45) is 5.73 Å². The Hall–Kier alpha value is -1.55. The molecule has 15 heavy (non-hydrogen) atoms. The van der Waals surface area contributed by atoms with Crippen LogP contribution in [0.3, 0.4) is 0 Å². The highest BCUT2D eigenvalue weighted by Crippen LogP contribution is 2.13. The van der Waals surface area contributed by atoms with Gasteiger partial charge in [0.05, 0.1) is 0 Å². The molecule has 4 heteroatoms. The lowest BCUT2D eigenvalue weighted by Gasteiger charge is -2.15. The third kappa shape index (κ3) is 2.47. The molecule has 1 aromatic carbocycles. The molecule has 0 bridgehead atoms. The standard InChI is InChI=1S/C11H14N2O2/c12-9-6-7-13(8-9)11(14)15-10-4-2-1-3-5-10/h1-5,9H,6-8,12H2/t9-/m0/s1. The maximum atomic E-state index is 11.6. The van der Waals surface area contributed by atoms with E-state index in [9.17, 15) is 4.79 Å². The number of likely N-dealkylation sites (tertiary alicyclic amines) is 1. The molecule has 1 fully saturated rings. The van der Waals surface area contributed by atoms with E-state index in [-0.39, 0.29) is 12.1 Å². The lowest BCUT2D eigenvalue weighted by atomic mass is 10.3. The summed E-state index contributed by atoms with van der Waals surface area (Å²) in [5, 5.41) is 0. The van der Waals surface area contributed by atoms with E-state index in [2.05, 4.69) is 0 Å². The van der Waals surface area contributed by atoms with E-state index in [4.69, 9.17) is 10.5 Å². The molecular weight excluding hydrogens is 192 g/mol. The molecule has 1 aliphatic rings. The van der Waals surface area contributed by atoms with E-state index in [1.165, 1.54) is 0 Å². The number of para-hydroxylation sites is 1. The van der Waals surface area contributed by atoms with Crippen LogP contribution in [0.15, 0.2) is 30.3 Å². The van der Waals surface area contributed by atoms with E-state index in [1.54, 1.807) is 17.0 Å². The lowest BCUT2D eigenvalue weighted by Crippen LogP contribution is -2.33. The molecule has 1 atom stereocenters. The molecular formula is C11H14N2O2. The van der Waals surface area contributed by atoms with Crippen molar-refractivity contribution >= 4 is 6.09 Å². The van der Waals surface area contributed by atoms with Gasteiger partial charge in [-0.3, -0.25) is 0 Å². The predicted molar refractivity (Wildman–Crippen MR) is 56.6 cm³/mol. The first-order valence-corrected chi connectivity index (χ1v) is 5.03. The molecule has 0 spiro atoms. The number of nitrogens with two attached hydrogens (primary N) is 1. The molecule has 0 saturated carbocycles. The molecule has 1 aromatic rings. The second-order valence-electron chi connectivity index (χ2n) is 3.68. The van der Waals surface area contributed by atoms with Crippen LogP contribution in [0.5, 0.6) is 5.75 Å². The maximum absolute atomic E-state index is 11.6. The van der Waals surface area contributed by atoms with Gasteiger partial charge in [0.1, 0.15) is 5.75 Å². The minimum absolute atomic E-state index is 0.0910. The maximum Gasteiger partial charge on any atom is 0.415 e. The van der Waals surface area contributed by atoms with Crippen LogP contribution in [0.4, 0.5) is 4.79 Å². The van der Waals surface area contributed by atoms with Crippen molar-refractivity contribution in [3.63, 3.8) is 0 Å². The zero-order chi connectivity index (χ0) is 10.7. The van der Waals surface area contributed by atoms with Crippen LogP contribution in [0.2, 0.25) is 0 Å². The first-order valence-electron chi connectivity index (χ1n) is 5.03. The number of carbonyl (C=O) groups is 1. The average Bonchev–Trinajstić information content (AvgIpc) is 2.66. The fourth-order valence-corrected chi connectivity index (χ4v) is 1.61. The number of carbonyl (C=O) groups excluding carboxylic acids is 1. The third-order valence-corrected chi connectivity index (χ3v) is 2.43. The SMILES string of the molecule is N[C@H]1CCN(C(=O)Oc2ccccc2)C1. The minimum Gasteiger partial charge on any atom is -0.410 e. The number of nitrogens with zero attached hydrogens (tertiary/aromatic N) is 1. The molecule has 80 valence electrons. The Morgan fingerprint density at radius 3 is 2.73 bits per heavy atom. The Balaban J connectivity index is 1.93. The van der Waals surface area contributed by atoms with E-state index < -0.39 is 0 Å². The molecule has 1 amide bonds. The summed E-state index contributed by atoms with van der Waals surface area (Å²) in [6.07, 6.45) is 0.540. The first kappa shape index (κ1) is 9.98. The van der Waals surface area contributed by atoms with Crippen LogP contribution >= 0.6 is 0 Å². The van der Waals surface area contributed by atoms with Crippen LogP contribution < -0.4 is 10.5 Å². The van der Waals surface area contributed by atoms with E-state index in [1.807, 2.05) is 18.2 Å². The molecule has 1 heterocycles. The van der Waals surface area contributed by atoms with Crippen molar-refractivity contribution in [3.8, 4) is 5.75 Å². The van der Waals surface area contributed by atoms with Gasteiger partial charge in [-0.25, -0.2) is 4.79 Å². The van der Waals surface area contributed by atoms with Crippen molar-refractivity contribution in [2.45, 2.75) is 12.5 Å². The third-order valence-electron chi connectivity index (χ3n) is 2.43. The second-order valence-corrected chi connectivity index (χ2v) is 3.68. The Labute approximate surface area is 88.6 Å². The normalized spacial score (nSPS) is 20.3. The number of amides is 1. The minimum atomic E-state index is -0.311. The highest BCUT2D eigenvalue weighted by atomic mass is 16.6. The monoisotopic (exact) mass is 206 g/mol. The van der Waals surface area contributed by atoms with E-state index in [0.717, 1.165) is 6.42 Å².